The minimum absolute atomic E-state index is 0.164. The lowest BCUT2D eigenvalue weighted by molar-refractivity contribution is -0.258. The van der Waals surface area contributed by atoms with Crippen LogP contribution in [0.3, 0.4) is 0 Å². The first-order chi connectivity index (χ1) is 26.2. The number of Topliss-reactive ketones (excluding diaryl/α,β-unsaturated/α-hetero) is 1. The van der Waals surface area contributed by atoms with Gasteiger partial charge in [0, 0.05) is 55.4 Å². The number of ether oxygens (including phenoxy) is 10. The molecule has 0 spiro atoms. The van der Waals surface area contributed by atoms with E-state index in [4.69, 9.17) is 47.4 Å². The highest BCUT2D eigenvalue weighted by molar-refractivity contribution is 5.81. The maximum atomic E-state index is 12.9. The summed E-state index contributed by atoms with van der Waals surface area (Å²) in [5.74, 6) is -6.45. The van der Waals surface area contributed by atoms with Crippen LogP contribution in [-0.2, 0) is 90.5 Å². The fraction of sp³-hybridized carbons (Fsp3) is 0.743. The van der Waals surface area contributed by atoms with E-state index in [1.165, 1.54) is 6.92 Å². The van der Waals surface area contributed by atoms with Crippen molar-refractivity contribution in [2.75, 3.05) is 19.8 Å². The molecule has 2 N–H and O–H groups in total. The average molecular weight is 805 g/mol. The van der Waals surface area contributed by atoms with Gasteiger partial charge in [-0.15, -0.1) is 0 Å². The van der Waals surface area contributed by atoms with Crippen LogP contribution in [0.15, 0.2) is 0 Å². The summed E-state index contributed by atoms with van der Waals surface area (Å²) in [5, 5.41) is 6.06. The quantitative estimate of drug-likeness (QED) is 0.0943. The number of carbonyl (C=O) groups excluding carboxylic acids is 9. The molecule has 56 heavy (non-hydrogen) atoms. The van der Waals surface area contributed by atoms with Crippen molar-refractivity contribution in [3.63, 3.8) is 0 Å². The van der Waals surface area contributed by atoms with Crippen LogP contribution in [0.25, 0.3) is 0 Å². The highest BCUT2D eigenvalue weighted by Gasteiger charge is 2.54. The lowest BCUT2D eigenvalue weighted by Crippen LogP contribution is -2.67. The Kier molecular flexibility index (Phi) is 19.2. The molecule has 7 unspecified atom stereocenters. The van der Waals surface area contributed by atoms with E-state index in [0.29, 0.717) is 12.8 Å². The van der Waals surface area contributed by atoms with E-state index < -0.39 is 128 Å². The van der Waals surface area contributed by atoms with Crippen LogP contribution >= 0.6 is 0 Å². The predicted molar refractivity (Wildman–Crippen MR) is 183 cm³/mol. The Labute approximate surface area is 323 Å². The van der Waals surface area contributed by atoms with Crippen molar-refractivity contribution in [3.8, 4) is 0 Å². The molecular formula is C35H52N2O19. The Morgan fingerprint density at radius 2 is 0.821 bits per heavy atom. The maximum absolute atomic E-state index is 12.9. The summed E-state index contributed by atoms with van der Waals surface area (Å²) in [5.41, 5.74) is 0. The largest absolute Gasteiger partial charge is 0.463 e. The molecule has 316 valence electrons. The van der Waals surface area contributed by atoms with Crippen LogP contribution in [0.5, 0.6) is 0 Å². The van der Waals surface area contributed by atoms with Gasteiger partial charge in [-0.25, -0.2) is 0 Å². The van der Waals surface area contributed by atoms with Gasteiger partial charge in [-0.1, -0.05) is 6.42 Å². The second-order valence-corrected chi connectivity index (χ2v) is 13.0. The van der Waals surface area contributed by atoms with E-state index in [1.807, 2.05) is 0 Å². The molecule has 2 heterocycles. The molecule has 2 fully saturated rings. The molecule has 21 nitrogen and oxygen atoms in total. The average Bonchev–Trinajstić information content (AvgIpc) is 3.05. The number of nitrogens with one attached hydrogen (secondary N) is 2. The molecule has 0 aromatic heterocycles. The van der Waals surface area contributed by atoms with E-state index in [-0.39, 0.29) is 18.7 Å². The fourth-order valence-corrected chi connectivity index (χ4v) is 6.08. The van der Waals surface area contributed by atoms with Crippen molar-refractivity contribution < 1.29 is 90.5 Å². The van der Waals surface area contributed by atoms with Gasteiger partial charge >= 0.3 is 47.8 Å². The standard InChI is InChI=1S/C35H52N2O19/c1-16(38)25(37-35-33(54-24(9)46)31(52-22(7)44)29(50-20(5)42)27(56-35)15-48-18(3)40)12-10-11-13-36-34-32(53-23(8)45)30(51-21(6)43)28(49-19(4)41)26(55-34)14-47-17(2)39/h25-37H,10-15H2,1-9H3/t25?,26?,27?,28-,29-,30?,31?,32?,33?,34+,35+/m0/s1. The minimum Gasteiger partial charge on any atom is -0.463 e. The van der Waals surface area contributed by atoms with Crippen LogP contribution in [0.1, 0.15) is 81.6 Å². The Morgan fingerprint density at radius 1 is 0.464 bits per heavy atom. The van der Waals surface area contributed by atoms with Crippen molar-refractivity contribution in [2.24, 2.45) is 0 Å². The summed E-state index contributed by atoms with van der Waals surface area (Å²) < 4.78 is 54.9. The Balaban J connectivity index is 2.28. The normalized spacial score (nSPS) is 27.7. The molecule has 2 aliphatic heterocycles. The lowest BCUT2D eigenvalue weighted by Gasteiger charge is -2.45. The maximum Gasteiger partial charge on any atom is 0.303 e. The molecule has 0 aromatic carbocycles. The van der Waals surface area contributed by atoms with Crippen molar-refractivity contribution in [2.45, 2.75) is 149 Å². The summed E-state index contributed by atoms with van der Waals surface area (Å²) in [6, 6.07) is -0.943. The van der Waals surface area contributed by atoms with Crippen LogP contribution in [-0.4, -0.2) is 141 Å². The molecule has 0 radical (unpaired) electrons. The summed E-state index contributed by atoms with van der Waals surface area (Å²) in [6.45, 7) is 9.52. The Hall–Kier alpha value is -4.73. The number of hydrogen-bond donors (Lipinski definition) is 2. The SMILES string of the molecule is CC(=O)OCC1O[C@@H](NCCCCC(N[C@@H]2OC(COC(C)=O)[C@H](OC(C)=O)C(OC(C)=O)C2OC(C)=O)C(C)=O)C(OC(C)=O)C(OC(C)=O)[C@H]1OC(C)=O. The zero-order valence-corrected chi connectivity index (χ0v) is 32.9. The molecule has 11 atom stereocenters. The van der Waals surface area contributed by atoms with E-state index in [9.17, 15) is 43.2 Å². The third-order valence-electron chi connectivity index (χ3n) is 8.10. The van der Waals surface area contributed by atoms with E-state index in [2.05, 4.69) is 10.6 Å². The second kappa shape index (κ2) is 22.7. The van der Waals surface area contributed by atoms with Crippen LogP contribution < -0.4 is 10.6 Å². The smallest absolute Gasteiger partial charge is 0.303 e. The van der Waals surface area contributed by atoms with Gasteiger partial charge in [0.1, 0.15) is 37.4 Å². The van der Waals surface area contributed by atoms with Gasteiger partial charge in [0.15, 0.2) is 42.9 Å². The number of carbonyl (C=O) groups is 9. The predicted octanol–water partition coefficient (Wildman–Crippen LogP) is -0.540. The van der Waals surface area contributed by atoms with Gasteiger partial charge in [0.25, 0.3) is 0 Å². The molecule has 0 aromatic rings. The monoisotopic (exact) mass is 804 g/mol. The molecule has 2 rings (SSSR count). The number of unbranched alkanes of at least 4 members (excludes halogenated alkanes) is 1. The van der Waals surface area contributed by atoms with Gasteiger partial charge in [-0.3, -0.25) is 53.8 Å². The van der Waals surface area contributed by atoms with Gasteiger partial charge in [0.05, 0.1) is 6.04 Å². The molecule has 2 aliphatic rings. The topological polar surface area (TPSA) is 270 Å². The second-order valence-electron chi connectivity index (χ2n) is 13.0. The first-order valence-corrected chi connectivity index (χ1v) is 17.8. The highest BCUT2D eigenvalue weighted by atomic mass is 16.7. The van der Waals surface area contributed by atoms with Crippen LogP contribution in [0, 0.1) is 0 Å². The Morgan fingerprint density at radius 3 is 1.20 bits per heavy atom. The van der Waals surface area contributed by atoms with E-state index >= 15 is 0 Å². The highest BCUT2D eigenvalue weighted by Crippen LogP contribution is 2.30. The first-order valence-electron chi connectivity index (χ1n) is 17.8. The molecular weight excluding hydrogens is 752 g/mol. The summed E-state index contributed by atoms with van der Waals surface area (Å²) in [6.07, 6.45) is -12.2. The number of esters is 8. The fourth-order valence-electron chi connectivity index (χ4n) is 6.08. The number of ketones is 1. The first kappa shape index (κ1) is 47.4. The molecule has 2 saturated heterocycles. The third kappa shape index (κ3) is 15.8. The molecule has 21 heteroatoms. The van der Waals surface area contributed by atoms with Gasteiger partial charge in [-0.2, -0.15) is 0 Å². The van der Waals surface area contributed by atoms with Crippen LogP contribution in [0.2, 0.25) is 0 Å². The van der Waals surface area contributed by atoms with E-state index in [1.54, 1.807) is 0 Å². The summed E-state index contributed by atoms with van der Waals surface area (Å²) in [4.78, 5) is 109. The van der Waals surface area contributed by atoms with E-state index in [0.717, 1.165) is 55.4 Å². The van der Waals surface area contributed by atoms with Crippen molar-refractivity contribution in [1.29, 1.82) is 0 Å². The zero-order valence-electron chi connectivity index (χ0n) is 32.9. The molecule has 0 amide bonds. The summed E-state index contributed by atoms with van der Waals surface area (Å²) in [7, 11) is 0. The summed E-state index contributed by atoms with van der Waals surface area (Å²) >= 11 is 0. The third-order valence-corrected chi connectivity index (χ3v) is 8.10. The van der Waals surface area contributed by atoms with Crippen molar-refractivity contribution >= 4 is 53.5 Å². The Bertz CT molecular complexity index is 1440. The van der Waals surface area contributed by atoms with Gasteiger partial charge < -0.3 is 47.4 Å². The van der Waals surface area contributed by atoms with Gasteiger partial charge in [0.2, 0.25) is 0 Å². The number of hydrogen-bond acceptors (Lipinski definition) is 21. The van der Waals surface area contributed by atoms with Crippen LogP contribution in [0.4, 0.5) is 0 Å². The minimum atomic E-state index is -1.44. The molecule has 0 aliphatic carbocycles. The lowest BCUT2D eigenvalue weighted by atomic mass is 9.96. The zero-order chi connectivity index (χ0) is 42.3. The number of rotatable bonds is 19. The van der Waals surface area contributed by atoms with Crippen molar-refractivity contribution in [1.82, 2.24) is 10.6 Å². The molecule has 0 bridgehead atoms. The van der Waals surface area contributed by atoms with Gasteiger partial charge in [-0.05, 0) is 26.3 Å². The van der Waals surface area contributed by atoms with Crippen molar-refractivity contribution in [3.05, 3.63) is 0 Å². The molecule has 0 saturated carbocycles.